The number of benzene rings is 1. The van der Waals surface area contributed by atoms with E-state index in [4.69, 9.17) is 28.4 Å². The van der Waals surface area contributed by atoms with Gasteiger partial charge in [-0.2, -0.15) is 0 Å². The van der Waals surface area contributed by atoms with Gasteiger partial charge in [0.1, 0.15) is 24.2 Å². The summed E-state index contributed by atoms with van der Waals surface area (Å²) in [5.41, 5.74) is -8.08. The summed E-state index contributed by atoms with van der Waals surface area (Å²) in [5.74, 6) is -6.46. The zero-order valence-electron chi connectivity index (χ0n) is 25.0. The first-order chi connectivity index (χ1) is 19.9. The lowest BCUT2D eigenvalue weighted by atomic mass is 9.46. The van der Waals surface area contributed by atoms with E-state index in [1.807, 2.05) is 0 Å². The first-order valence-electron chi connectivity index (χ1n) is 13.8. The molecule has 1 aromatic carbocycles. The number of fused-ring (bicyclic) bond motifs is 1. The van der Waals surface area contributed by atoms with E-state index in [9.17, 15) is 33.9 Å². The Morgan fingerprint density at radius 2 is 1.40 bits per heavy atom. The van der Waals surface area contributed by atoms with E-state index in [1.54, 1.807) is 18.2 Å². The molecular formula is C30H36O13. The molecule has 2 bridgehead atoms. The van der Waals surface area contributed by atoms with E-state index in [2.05, 4.69) is 0 Å². The number of aliphatic hydroxyl groups is 1. The number of carbonyl (C=O) groups excluding carboxylic acids is 6. The maximum atomic E-state index is 14.6. The quantitative estimate of drug-likeness (QED) is 0.350. The molecule has 1 heterocycles. The Bertz CT molecular complexity index is 1330. The van der Waals surface area contributed by atoms with Gasteiger partial charge >= 0.3 is 29.8 Å². The van der Waals surface area contributed by atoms with E-state index in [-0.39, 0.29) is 5.56 Å². The van der Waals surface area contributed by atoms with Crippen LogP contribution >= 0.6 is 0 Å². The van der Waals surface area contributed by atoms with Gasteiger partial charge < -0.3 is 33.5 Å². The monoisotopic (exact) mass is 604 g/mol. The van der Waals surface area contributed by atoms with Gasteiger partial charge in [-0.1, -0.05) is 18.2 Å². The molecule has 3 aliphatic rings. The van der Waals surface area contributed by atoms with Gasteiger partial charge in [0.05, 0.1) is 22.7 Å². The van der Waals surface area contributed by atoms with Crippen molar-refractivity contribution in [3.8, 4) is 0 Å². The van der Waals surface area contributed by atoms with Gasteiger partial charge in [0.15, 0.2) is 23.6 Å². The highest BCUT2D eigenvalue weighted by Crippen LogP contribution is 2.68. The lowest BCUT2D eigenvalue weighted by molar-refractivity contribution is -0.350. The smallest absolute Gasteiger partial charge is 0.338 e. The van der Waals surface area contributed by atoms with Gasteiger partial charge in [0.25, 0.3) is 0 Å². The van der Waals surface area contributed by atoms with Crippen molar-refractivity contribution in [2.75, 3.05) is 6.61 Å². The number of Topliss-reactive ketones (excluding diaryl/α,β-unsaturated/α-hetero) is 1. The molecule has 1 aliphatic heterocycles. The molecule has 2 aliphatic carbocycles. The fraction of sp³-hybridized carbons (Fsp3) is 0.600. The van der Waals surface area contributed by atoms with Crippen molar-refractivity contribution in [2.24, 2.45) is 11.3 Å². The van der Waals surface area contributed by atoms with Gasteiger partial charge in [-0.25, -0.2) is 4.79 Å². The molecule has 2 saturated carbocycles. The maximum absolute atomic E-state index is 14.6. The van der Waals surface area contributed by atoms with E-state index < -0.39 is 101 Å². The van der Waals surface area contributed by atoms with Crippen LogP contribution in [0.4, 0.5) is 0 Å². The van der Waals surface area contributed by atoms with E-state index in [0.29, 0.717) is 0 Å². The fourth-order valence-electron chi connectivity index (χ4n) is 7.26. The van der Waals surface area contributed by atoms with Crippen LogP contribution in [0, 0.1) is 11.3 Å². The third-order valence-corrected chi connectivity index (χ3v) is 8.50. The predicted molar refractivity (Wildman–Crippen MR) is 143 cm³/mol. The van der Waals surface area contributed by atoms with Crippen LogP contribution in [0.2, 0.25) is 0 Å². The second kappa shape index (κ2) is 11.0. The topological polar surface area (TPSA) is 178 Å². The number of rotatable bonds is 7. The lowest BCUT2D eigenvalue weighted by Crippen LogP contribution is -2.85. The Balaban J connectivity index is 2.11. The Labute approximate surface area is 248 Å². The number of hydrogen-bond acceptors (Lipinski definition) is 13. The SMILES string of the molecule is CC(=O)OC[C@]12C(OC(=O)c3ccccc3)C(=O)[C@@H]3C(OC(C)=O)[C@]1(OC3(C)C)[C@@](C)(O)CC(OC(C)=O)C2OC(C)=O. The summed E-state index contributed by atoms with van der Waals surface area (Å²) in [5, 5.41) is 12.3. The largest absolute Gasteiger partial charge is 0.465 e. The van der Waals surface area contributed by atoms with Crippen LogP contribution < -0.4 is 0 Å². The molecule has 43 heavy (non-hydrogen) atoms. The van der Waals surface area contributed by atoms with Crippen LogP contribution in [-0.4, -0.2) is 88.6 Å². The molecule has 0 aromatic heterocycles. The molecular weight excluding hydrogens is 568 g/mol. The molecule has 1 saturated heterocycles. The van der Waals surface area contributed by atoms with Crippen molar-refractivity contribution < 1.29 is 62.3 Å². The summed E-state index contributed by atoms with van der Waals surface area (Å²) >= 11 is 0. The van der Waals surface area contributed by atoms with E-state index >= 15 is 0 Å². The first-order valence-corrected chi connectivity index (χ1v) is 13.8. The number of carbonyl (C=O) groups is 6. The predicted octanol–water partition coefficient (Wildman–Crippen LogP) is 1.46. The molecule has 13 heteroatoms. The first kappa shape index (κ1) is 32.1. The summed E-state index contributed by atoms with van der Waals surface area (Å²) < 4.78 is 35.1. The van der Waals surface area contributed by atoms with Crippen molar-refractivity contribution in [1.29, 1.82) is 0 Å². The van der Waals surface area contributed by atoms with Crippen LogP contribution in [0.5, 0.6) is 0 Å². The average Bonchev–Trinajstić information content (AvgIpc) is 3.09. The van der Waals surface area contributed by atoms with E-state index in [0.717, 1.165) is 27.7 Å². The van der Waals surface area contributed by atoms with Crippen LogP contribution in [-0.2, 0) is 52.4 Å². The second-order valence-corrected chi connectivity index (χ2v) is 12.0. The van der Waals surface area contributed by atoms with Crippen LogP contribution in [0.15, 0.2) is 30.3 Å². The highest BCUT2D eigenvalue weighted by molar-refractivity contribution is 5.96. The van der Waals surface area contributed by atoms with Gasteiger partial charge in [0.2, 0.25) is 0 Å². The van der Waals surface area contributed by atoms with Crippen molar-refractivity contribution >= 4 is 35.6 Å². The molecule has 13 nitrogen and oxygen atoms in total. The van der Waals surface area contributed by atoms with Gasteiger partial charge in [0, 0.05) is 34.1 Å². The zero-order chi connectivity index (χ0) is 32.1. The fourth-order valence-corrected chi connectivity index (χ4v) is 7.26. The molecule has 1 aromatic rings. The molecule has 4 rings (SSSR count). The molecule has 8 atom stereocenters. The Morgan fingerprint density at radius 3 is 1.93 bits per heavy atom. The molecule has 0 amide bonds. The third kappa shape index (κ3) is 5.07. The normalized spacial score (nSPS) is 35.6. The standard InChI is InChI=1S/C30H36O13/c1-15(31)38-14-29-23(40-17(3)33)20(39-16(2)32)13-28(7,37)30(29)24(41-18(4)34)21(27(5,6)43-30)22(35)25(29)42-26(36)19-11-9-8-10-12-19/h8-12,20-21,23-25,37H,13-14H2,1-7H3/t20?,21-,23?,24?,25?,28+,29+,30+/m1/s1. The maximum Gasteiger partial charge on any atom is 0.338 e. The molecule has 234 valence electrons. The van der Waals surface area contributed by atoms with Crippen molar-refractivity contribution in [1.82, 2.24) is 0 Å². The highest BCUT2D eigenvalue weighted by atomic mass is 16.6. The summed E-state index contributed by atoms with van der Waals surface area (Å²) in [6, 6.07) is 7.71. The van der Waals surface area contributed by atoms with Crippen LogP contribution in [0.3, 0.4) is 0 Å². The number of ketones is 1. The Morgan fingerprint density at radius 1 is 0.837 bits per heavy atom. The van der Waals surface area contributed by atoms with E-state index in [1.165, 1.54) is 32.9 Å². The molecule has 3 fully saturated rings. The van der Waals surface area contributed by atoms with Gasteiger partial charge in [-0.3, -0.25) is 24.0 Å². The highest BCUT2D eigenvalue weighted by Gasteiger charge is 2.88. The van der Waals surface area contributed by atoms with Crippen molar-refractivity contribution in [2.45, 2.75) is 96.1 Å². The molecule has 0 radical (unpaired) electrons. The number of ether oxygens (including phenoxy) is 6. The number of hydrogen-bond donors (Lipinski definition) is 1. The number of esters is 5. The summed E-state index contributed by atoms with van der Waals surface area (Å²) in [6.45, 7) is 7.88. The van der Waals surface area contributed by atoms with Crippen molar-refractivity contribution in [3.63, 3.8) is 0 Å². The molecule has 4 unspecified atom stereocenters. The minimum atomic E-state index is -2.31. The van der Waals surface area contributed by atoms with Crippen LogP contribution in [0.1, 0.15) is 65.2 Å². The van der Waals surface area contributed by atoms with Gasteiger partial charge in [-0.05, 0) is 32.9 Å². The van der Waals surface area contributed by atoms with Gasteiger partial charge in [-0.15, -0.1) is 0 Å². The summed E-state index contributed by atoms with van der Waals surface area (Å²) in [6.07, 6.45) is -7.06. The summed E-state index contributed by atoms with van der Waals surface area (Å²) in [4.78, 5) is 77.9. The zero-order valence-corrected chi connectivity index (χ0v) is 25.0. The van der Waals surface area contributed by atoms with Crippen molar-refractivity contribution in [3.05, 3.63) is 35.9 Å². The minimum Gasteiger partial charge on any atom is -0.465 e. The van der Waals surface area contributed by atoms with Crippen LogP contribution in [0.25, 0.3) is 0 Å². The second-order valence-electron chi connectivity index (χ2n) is 12.0. The lowest BCUT2D eigenvalue weighted by Gasteiger charge is -2.65. The molecule has 1 N–H and O–H groups in total. The minimum absolute atomic E-state index is 0.0600. The Hall–Kier alpha value is -3.84. The average molecular weight is 605 g/mol. The Kier molecular flexibility index (Phi) is 8.22. The third-order valence-electron chi connectivity index (χ3n) is 8.50. The molecule has 1 spiro atoms. The summed E-state index contributed by atoms with van der Waals surface area (Å²) in [7, 11) is 0.